The van der Waals surface area contributed by atoms with Gasteiger partial charge in [-0.3, -0.25) is 4.79 Å². The first-order valence-electron chi connectivity index (χ1n) is 6.13. The highest BCUT2D eigenvalue weighted by Crippen LogP contribution is 2.11. The van der Waals surface area contributed by atoms with Crippen LogP contribution in [-0.4, -0.2) is 25.7 Å². The molecule has 0 bridgehead atoms. The summed E-state index contributed by atoms with van der Waals surface area (Å²) >= 11 is 0. The number of carbonyl (C=O) groups is 1. The summed E-state index contributed by atoms with van der Waals surface area (Å²) in [5.74, 6) is 5.85. The molecule has 0 amide bonds. The minimum atomic E-state index is -0.253. The number of benzene rings is 1. The van der Waals surface area contributed by atoms with Crippen LogP contribution in [-0.2, 0) is 9.53 Å². The van der Waals surface area contributed by atoms with E-state index in [9.17, 15) is 4.79 Å². The molecule has 0 saturated heterocycles. The molecule has 0 radical (unpaired) electrons. The van der Waals surface area contributed by atoms with Gasteiger partial charge in [0.1, 0.15) is 6.61 Å². The smallest absolute Gasteiger partial charge is 0.302 e. The van der Waals surface area contributed by atoms with E-state index in [1.165, 1.54) is 12.6 Å². The Kier molecular flexibility index (Phi) is 6.42. The van der Waals surface area contributed by atoms with E-state index >= 15 is 0 Å². The molecule has 0 saturated carbocycles. The highest BCUT2D eigenvalue weighted by Gasteiger charge is 1.99. The van der Waals surface area contributed by atoms with Gasteiger partial charge in [0, 0.05) is 25.6 Å². The topological polar surface area (TPSA) is 29.5 Å². The Labute approximate surface area is 109 Å². The van der Waals surface area contributed by atoms with Crippen molar-refractivity contribution >= 4 is 11.7 Å². The molecule has 18 heavy (non-hydrogen) atoms. The molecule has 1 aromatic rings. The number of rotatable bonds is 5. The number of esters is 1. The maximum atomic E-state index is 10.5. The van der Waals surface area contributed by atoms with E-state index < -0.39 is 0 Å². The molecule has 3 nitrogen and oxygen atoms in total. The van der Waals surface area contributed by atoms with Gasteiger partial charge < -0.3 is 9.64 Å². The zero-order valence-corrected chi connectivity index (χ0v) is 11.0. The Morgan fingerprint density at radius 3 is 2.61 bits per heavy atom. The van der Waals surface area contributed by atoms with Crippen LogP contribution in [0, 0.1) is 11.8 Å². The fraction of sp³-hybridized carbons (Fsp3) is 0.400. The fourth-order valence-electron chi connectivity index (χ4n) is 1.51. The summed E-state index contributed by atoms with van der Waals surface area (Å²) in [6, 6.07) is 10.2. The van der Waals surface area contributed by atoms with Gasteiger partial charge in [-0.1, -0.05) is 30.0 Å². The molecule has 0 aliphatic rings. The quantitative estimate of drug-likeness (QED) is 0.453. The van der Waals surface area contributed by atoms with Crippen LogP contribution in [0.25, 0.3) is 0 Å². The van der Waals surface area contributed by atoms with Crippen LogP contribution in [0.2, 0.25) is 0 Å². The highest BCUT2D eigenvalue weighted by atomic mass is 16.5. The molecule has 0 aromatic heterocycles. The lowest BCUT2D eigenvalue weighted by atomic mass is 10.3. The van der Waals surface area contributed by atoms with Gasteiger partial charge in [0.15, 0.2) is 0 Å². The van der Waals surface area contributed by atoms with Crippen LogP contribution in [0.5, 0.6) is 0 Å². The van der Waals surface area contributed by atoms with Crippen molar-refractivity contribution in [3.63, 3.8) is 0 Å². The third-order valence-corrected chi connectivity index (χ3v) is 2.43. The normalized spacial score (nSPS) is 9.22. The van der Waals surface area contributed by atoms with Gasteiger partial charge in [-0.2, -0.15) is 0 Å². The molecule has 0 fully saturated rings. The number of hydrogen-bond donors (Lipinski definition) is 0. The molecule has 0 spiro atoms. The van der Waals surface area contributed by atoms with Crippen molar-refractivity contribution in [2.24, 2.45) is 0 Å². The van der Waals surface area contributed by atoms with E-state index in [1.807, 2.05) is 18.2 Å². The predicted molar refractivity (Wildman–Crippen MR) is 73.4 cm³/mol. The average Bonchev–Trinajstić information content (AvgIpc) is 2.38. The van der Waals surface area contributed by atoms with Gasteiger partial charge in [0.2, 0.25) is 0 Å². The van der Waals surface area contributed by atoms with Crippen molar-refractivity contribution in [2.45, 2.75) is 20.3 Å². The van der Waals surface area contributed by atoms with Crippen molar-refractivity contribution in [2.75, 3.05) is 24.6 Å². The summed E-state index contributed by atoms with van der Waals surface area (Å²) < 4.78 is 4.80. The fourth-order valence-corrected chi connectivity index (χ4v) is 1.51. The lowest BCUT2D eigenvalue weighted by Gasteiger charge is -2.19. The molecule has 0 heterocycles. The summed E-state index contributed by atoms with van der Waals surface area (Å²) in [5.41, 5.74) is 1.18. The molecule has 3 heteroatoms. The lowest BCUT2D eigenvalue weighted by molar-refractivity contribution is -0.140. The summed E-state index contributed by atoms with van der Waals surface area (Å²) in [4.78, 5) is 12.7. The maximum absolute atomic E-state index is 10.5. The number of nitrogens with zero attached hydrogens (tertiary/aromatic N) is 1. The molecule has 0 N–H and O–H groups in total. The van der Waals surface area contributed by atoms with Crippen molar-refractivity contribution in [1.29, 1.82) is 0 Å². The first-order valence-corrected chi connectivity index (χ1v) is 6.13. The number of ether oxygens (including phenoxy) is 1. The Bertz CT molecular complexity index is 417. The van der Waals surface area contributed by atoms with Crippen LogP contribution in [0.4, 0.5) is 5.69 Å². The summed E-state index contributed by atoms with van der Waals surface area (Å²) in [7, 11) is 0. The predicted octanol–water partition coefficient (Wildman–Crippen LogP) is 2.47. The monoisotopic (exact) mass is 245 g/mol. The summed E-state index contributed by atoms with van der Waals surface area (Å²) in [5, 5.41) is 0. The Hall–Kier alpha value is -1.95. The van der Waals surface area contributed by atoms with Gasteiger partial charge in [-0.05, 0) is 19.1 Å². The number of hydrogen-bond acceptors (Lipinski definition) is 3. The van der Waals surface area contributed by atoms with E-state index in [0.717, 1.165) is 6.54 Å². The minimum absolute atomic E-state index is 0.253. The van der Waals surface area contributed by atoms with Crippen molar-refractivity contribution < 1.29 is 9.53 Å². The number of anilines is 1. The Morgan fingerprint density at radius 2 is 2.00 bits per heavy atom. The second kappa shape index (κ2) is 8.19. The van der Waals surface area contributed by atoms with Crippen LogP contribution < -0.4 is 4.90 Å². The average molecular weight is 245 g/mol. The van der Waals surface area contributed by atoms with Crippen molar-refractivity contribution in [3.05, 3.63) is 30.3 Å². The van der Waals surface area contributed by atoms with Gasteiger partial charge in [0.05, 0.1) is 6.54 Å². The molecular weight excluding hydrogens is 226 g/mol. The molecule has 96 valence electrons. The van der Waals surface area contributed by atoms with Crippen LogP contribution >= 0.6 is 0 Å². The molecule has 1 aromatic carbocycles. The standard InChI is InChI=1S/C15H19NO2/c1-3-16(15-10-6-4-7-11-15)12-8-5-9-13-18-14(2)17/h4,6-7,10-11H,3,9,12-13H2,1-2H3. The lowest BCUT2D eigenvalue weighted by Crippen LogP contribution is -2.22. The molecule has 0 aliphatic carbocycles. The molecule has 1 rings (SSSR count). The van der Waals surface area contributed by atoms with Crippen LogP contribution in [0.3, 0.4) is 0 Å². The largest absolute Gasteiger partial charge is 0.465 e. The van der Waals surface area contributed by atoms with Crippen LogP contribution in [0.1, 0.15) is 20.3 Å². The van der Waals surface area contributed by atoms with E-state index in [2.05, 4.69) is 35.8 Å². The molecule has 0 aliphatic heterocycles. The zero-order chi connectivity index (χ0) is 13.2. The molecular formula is C15H19NO2. The maximum Gasteiger partial charge on any atom is 0.302 e. The van der Waals surface area contributed by atoms with E-state index in [4.69, 9.17) is 4.74 Å². The van der Waals surface area contributed by atoms with Gasteiger partial charge >= 0.3 is 5.97 Å². The highest BCUT2D eigenvalue weighted by molar-refractivity contribution is 5.65. The third kappa shape index (κ3) is 5.40. The van der Waals surface area contributed by atoms with Crippen LogP contribution in [0.15, 0.2) is 30.3 Å². The molecule has 0 atom stereocenters. The Balaban J connectivity index is 2.36. The van der Waals surface area contributed by atoms with E-state index in [-0.39, 0.29) is 5.97 Å². The summed E-state index contributed by atoms with van der Waals surface area (Å²) in [6.45, 7) is 5.50. The second-order valence-electron chi connectivity index (χ2n) is 3.79. The van der Waals surface area contributed by atoms with E-state index in [1.54, 1.807) is 0 Å². The van der Waals surface area contributed by atoms with Gasteiger partial charge in [-0.25, -0.2) is 0 Å². The first kappa shape index (κ1) is 14.1. The molecule has 0 unspecified atom stereocenters. The SMILES string of the molecule is CCN(CC#CCCOC(C)=O)c1ccccc1. The van der Waals surface area contributed by atoms with Gasteiger partial charge in [-0.15, -0.1) is 0 Å². The Morgan fingerprint density at radius 1 is 1.28 bits per heavy atom. The first-order chi connectivity index (χ1) is 8.74. The van der Waals surface area contributed by atoms with Crippen molar-refractivity contribution in [1.82, 2.24) is 0 Å². The number of carbonyl (C=O) groups excluding carboxylic acids is 1. The van der Waals surface area contributed by atoms with Gasteiger partial charge in [0.25, 0.3) is 0 Å². The minimum Gasteiger partial charge on any atom is -0.465 e. The van der Waals surface area contributed by atoms with Crippen molar-refractivity contribution in [3.8, 4) is 11.8 Å². The third-order valence-electron chi connectivity index (χ3n) is 2.43. The summed E-state index contributed by atoms with van der Waals surface area (Å²) in [6.07, 6.45) is 0.589. The zero-order valence-electron chi connectivity index (χ0n) is 11.0. The number of para-hydroxylation sites is 1. The second-order valence-corrected chi connectivity index (χ2v) is 3.79. The van der Waals surface area contributed by atoms with E-state index in [0.29, 0.717) is 19.6 Å².